The second kappa shape index (κ2) is 7.89. The molecule has 0 heterocycles. The van der Waals surface area contributed by atoms with Crippen LogP contribution in [0.3, 0.4) is 0 Å². The first-order valence-electron chi connectivity index (χ1n) is 9.25. The van der Waals surface area contributed by atoms with Crippen LogP contribution < -0.4 is 4.74 Å². The molecule has 144 valence electrons. The Morgan fingerprint density at radius 2 is 1.93 bits per heavy atom. The summed E-state index contributed by atoms with van der Waals surface area (Å²) in [6, 6.07) is 11.5. The summed E-state index contributed by atoms with van der Waals surface area (Å²) in [5.41, 5.74) is 2.56. The molecular weight excluding hydrogens is 367 g/mol. The lowest BCUT2D eigenvalue weighted by atomic mass is 9.64. The van der Waals surface area contributed by atoms with Crippen LogP contribution in [-0.4, -0.2) is 24.4 Å². The molecule has 3 rings (SSSR count). The number of halogens is 2. The summed E-state index contributed by atoms with van der Waals surface area (Å²) >= 11 is 6.45. The summed E-state index contributed by atoms with van der Waals surface area (Å²) in [6.07, 6.45) is 2.06. The third-order valence-electron chi connectivity index (χ3n) is 5.42. The van der Waals surface area contributed by atoms with E-state index in [1.54, 1.807) is 6.07 Å². The summed E-state index contributed by atoms with van der Waals surface area (Å²) in [7, 11) is 0. The second-order valence-corrected chi connectivity index (χ2v) is 7.80. The third kappa shape index (κ3) is 3.68. The molecule has 0 bridgehead atoms. The minimum atomic E-state index is -0.894. The van der Waals surface area contributed by atoms with Gasteiger partial charge in [0, 0.05) is 5.56 Å². The molecule has 1 fully saturated rings. The van der Waals surface area contributed by atoms with Gasteiger partial charge in [-0.15, -0.1) is 0 Å². The van der Waals surface area contributed by atoms with E-state index in [0.717, 1.165) is 12.0 Å². The van der Waals surface area contributed by atoms with Crippen molar-refractivity contribution in [3.63, 3.8) is 0 Å². The highest BCUT2D eigenvalue weighted by atomic mass is 35.5. The molecule has 3 nitrogen and oxygen atoms in total. The number of aliphatic carboxylic acids is 1. The topological polar surface area (TPSA) is 46.5 Å². The van der Waals surface area contributed by atoms with Gasteiger partial charge in [-0.2, -0.15) is 0 Å². The molecule has 5 heteroatoms. The van der Waals surface area contributed by atoms with Gasteiger partial charge in [0.15, 0.2) is 0 Å². The van der Waals surface area contributed by atoms with Crippen LogP contribution in [0.1, 0.15) is 50.2 Å². The molecule has 0 unspecified atom stereocenters. The standard InChI is InChI=1S/C22H24ClFO3/c1-14(2)15-4-6-16(7-5-15)18-12-17(22(21(25)26)8-3-9-22)13-19(23)20(18)27-11-10-24/h4-7,12-14H,3,8-11H2,1-2H3,(H,25,26). The van der Waals surface area contributed by atoms with Gasteiger partial charge in [-0.05, 0) is 47.6 Å². The Bertz CT molecular complexity index is 826. The van der Waals surface area contributed by atoms with E-state index in [4.69, 9.17) is 16.3 Å². The van der Waals surface area contributed by atoms with E-state index < -0.39 is 18.1 Å². The van der Waals surface area contributed by atoms with Crippen molar-refractivity contribution < 1.29 is 19.0 Å². The summed E-state index contributed by atoms with van der Waals surface area (Å²) in [6.45, 7) is 3.52. The largest absolute Gasteiger partial charge is 0.489 e. The SMILES string of the molecule is CC(C)c1ccc(-c2cc(C3(C(=O)O)CCC3)cc(Cl)c2OCCF)cc1. The van der Waals surface area contributed by atoms with E-state index in [2.05, 4.69) is 13.8 Å². The van der Waals surface area contributed by atoms with E-state index >= 15 is 0 Å². The number of rotatable bonds is 7. The lowest BCUT2D eigenvalue weighted by molar-refractivity contribution is -0.147. The van der Waals surface area contributed by atoms with Gasteiger partial charge in [-0.1, -0.05) is 56.1 Å². The average Bonchev–Trinajstić information content (AvgIpc) is 2.59. The zero-order valence-corrected chi connectivity index (χ0v) is 16.4. The quantitative estimate of drug-likeness (QED) is 0.632. The summed E-state index contributed by atoms with van der Waals surface area (Å²) in [5.74, 6) is -0.0277. The van der Waals surface area contributed by atoms with Crippen LogP contribution in [0.15, 0.2) is 36.4 Å². The summed E-state index contributed by atoms with van der Waals surface area (Å²) in [4.78, 5) is 11.9. The minimum absolute atomic E-state index is 0.0970. The molecular formula is C22H24ClFO3. The normalized spacial score (nSPS) is 15.4. The lowest BCUT2D eigenvalue weighted by Crippen LogP contribution is -2.42. The fourth-order valence-corrected chi connectivity index (χ4v) is 3.85. The molecule has 27 heavy (non-hydrogen) atoms. The molecule has 0 aliphatic heterocycles. The van der Waals surface area contributed by atoms with Crippen molar-refractivity contribution in [1.82, 2.24) is 0 Å². The van der Waals surface area contributed by atoms with Gasteiger partial charge in [0.05, 0.1) is 10.4 Å². The van der Waals surface area contributed by atoms with Crippen LogP contribution in [0.25, 0.3) is 11.1 Å². The predicted molar refractivity (Wildman–Crippen MR) is 106 cm³/mol. The van der Waals surface area contributed by atoms with E-state index in [1.165, 1.54) is 5.56 Å². The molecule has 0 radical (unpaired) electrons. The van der Waals surface area contributed by atoms with Crippen LogP contribution in [0.2, 0.25) is 5.02 Å². The predicted octanol–water partition coefficient (Wildman–Crippen LogP) is 5.99. The van der Waals surface area contributed by atoms with E-state index in [-0.39, 0.29) is 6.61 Å². The fourth-order valence-electron chi connectivity index (χ4n) is 3.58. The monoisotopic (exact) mass is 390 g/mol. The molecule has 1 N–H and O–H groups in total. The highest BCUT2D eigenvalue weighted by Crippen LogP contribution is 2.48. The average molecular weight is 391 g/mol. The maximum atomic E-state index is 12.7. The van der Waals surface area contributed by atoms with Crippen LogP contribution >= 0.6 is 11.6 Å². The van der Waals surface area contributed by atoms with Crippen molar-refractivity contribution in [3.05, 3.63) is 52.5 Å². The summed E-state index contributed by atoms with van der Waals surface area (Å²) in [5, 5.41) is 10.1. The first kappa shape index (κ1) is 19.7. The fraction of sp³-hybridized carbons (Fsp3) is 0.409. The van der Waals surface area contributed by atoms with Crippen molar-refractivity contribution in [1.29, 1.82) is 0 Å². The van der Waals surface area contributed by atoms with Gasteiger partial charge in [-0.25, -0.2) is 4.39 Å². The molecule has 0 aromatic heterocycles. The number of hydrogen-bond acceptors (Lipinski definition) is 2. The van der Waals surface area contributed by atoms with E-state index in [9.17, 15) is 14.3 Å². The Morgan fingerprint density at radius 1 is 1.26 bits per heavy atom. The Balaban J connectivity index is 2.12. The number of carboxylic acid groups (broad SMARTS) is 1. The van der Waals surface area contributed by atoms with Crippen LogP contribution in [-0.2, 0) is 10.2 Å². The number of ether oxygens (including phenoxy) is 1. The van der Waals surface area contributed by atoms with Gasteiger partial charge >= 0.3 is 5.97 Å². The Labute approximate surface area is 164 Å². The van der Waals surface area contributed by atoms with Gasteiger partial charge in [0.2, 0.25) is 0 Å². The zero-order valence-electron chi connectivity index (χ0n) is 15.6. The molecule has 1 saturated carbocycles. The van der Waals surface area contributed by atoms with Gasteiger partial charge in [0.1, 0.15) is 19.0 Å². The third-order valence-corrected chi connectivity index (χ3v) is 5.71. The Kier molecular flexibility index (Phi) is 5.75. The van der Waals surface area contributed by atoms with Crippen LogP contribution in [0.5, 0.6) is 5.75 Å². The van der Waals surface area contributed by atoms with E-state index in [1.807, 2.05) is 30.3 Å². The molecule has 0 saturated heterocycles. The number of hydrogen-bond donors (Lipinski definition) is 1. The zero-order chi connectivity index (χ0) is 19.6. The molecule has 2 aromatic carbocycles. The number of benzene rings is 2. The Morgan fingerprint density at radius 3 is 2.41 bits per heavy atom. The maximum absolute atomic E-state index is 12.7. The molecule has 1 aliphatic carbocycles. The number of carbonyl (C=O) groups is 1. The second-order valence-electron chi connectivity index (χ2n) is 7.39. The molecule has 0 spiro atoms. The van der Waals surface area contributed by atoms with Gasteiger partial charge < -0.3 is 9.84 Å². The van der Waals surface area contributed by atoms with E-state index in [0.29, 0.717) is 40.7 Å². The Hall–Kier alpha value is -2.07. The van der Waals surface area contributed by atoms with Crippen molar-refractivity contribution in [2.45, 2.75) is 44.4 Å². The van der Waals surface area contributed by atoms with Crippen molar-refractivity contribution in [2.75, 3.05) is 13.3 Å². The van der Waals surface area contributed by atoms with Gasteiger partial charge in [0.25, 0.3) is 0 Å². The first-order valence-corrected chi connectivity index (χ1v) is 9.63. The smallest absolute Gasteiger partial charge is 0.314 e. The highest BCUT2D eigenvalue weighted by molar-refractivity contribution is 6.32. The number of alkyl halides is 1. The van der Waals surface area contributed by atoms with Crippen molar-refractivity contribution >= 4 is 17.6 Å². The van der Waals surface area contributed by atoms with Crippen LogP contribution in [0.4, 0.5) is 4.39 Å². The van der Waals surface area contributed by atoms with Gasteiger partial charge in [-0.3, -0.25) is 4.79 Å². The van der Waals surface area contributed by atoms with Crippen molar-refractivity contribution in [3.8, 4) is 16.9 Å². The number of carboxylic acids is 1. The molecule has 0 atom stereocenters. The molecule has 2 aromatic rings. The molecule has 1 aliphatic rings. The van der Waals surface area contributed by atoms with Crippen molar-refractivity contribution in [2.24, 2.45) is 0 Å². The highest BCUT2D eigenvalue weighted by Gasteiger charge is 2.46. The maximum Gasteiger partial charge on any atom is 0.314 e. The lowest BCUT2D eigenvalue weighted by Gasteiger charge is -2.38. The minimum Gasteiger partial charge on any atom is -0.489 e. The van der Waals surface area contributed by atoms with Crippen LogP contribution in [0, 0.1) is 0 Å². The molecule has 0 amide bonds. The first-order chi connectivity index (χ1) is 12.9. The summed E-state index contributed by atoms with van der Waals surface area (Å²) < 4.78 is 18.3.